The maximum atomic E-state index is 11.5. The molecule has 0 aromatic carbocycles. The van der Waals surface area contributed by atoms with Gasteiger partial charge in [-0.3, -0.25) is 4.79 Å². The number of ether oxygens (including phenoxy) is 1. The van der Waals surface area contributed by atoms with Crippen molar-refractivity contribution in [3.8, 4) is 0 Å². The predicted octanol–water partition coefficient (Wildman–Crippen LogP) is 0.964. The molecule has 1 aliphatic rings. The van der Waals surface area contributed by atoms with Crippen molar-refractivity contribution >= 4 is 12.0 Å². The second-order valence-electron chi connectivity index (χ2n) is 5.10. The lowest BCUT2D eigenvalue weighted by Gasteiger charge is -2.51. The van der Waals surface area contributed by atoms with E-state index < -0.39 is 5.97 Å². The number of urea groups is 1. The molecule has 6 nitrogen and oxygen atoms in total. The van der Waals surface area contributed by atoms with E-state index in [1.807, 2.05) is 6.92 Å². The van der Waals surface area contributed by atoms with Crippen molar-refractivity contribution in [3.05, 3.63) is 0 Å². The molecular formula is C12H22N2O4. The molecule has 0 aromatic rings. The van der Waals surface area contributed by atoms with E-state index in [2.05, 4.69) is 24.5 Å². The van der Waals surface area contributed by atoms with E-state index in [1.54, 1.807) is 0 Å². The van der Waals surface area contributed by atoms with Gasteiger partial charge in [0.15, 0.2) is 0 Å². The van der Waals surface area contributed by atoms with E-state index in [1.165, 1.54) is 0 Å². The molecule has 2 unspecified atom stereocenters. The second-order valence-corrected chi connectivity index (χ2v) is 5.10. The third kappa shape index (κ3) is 3.60. The summed E-state index contributed by atoms with van der Waals surface area (Å²) in [6, 6.07) is -0.247. The maximum absolute atomic E-state index is 11.5. The zero-order valence-electron chi connectivity index (χ0n) is 11.2. The van der Waals surface area contributed by atoms with Crippen LogP contribution in [0.25, 0.3) is 0 Å². The number of nitrogens with one attached hydrogen (secondary N) is 2. The minimum atomic E-state index is -0.921. The summed E-state index contributed by atoms with van der Waals surface area (Å²) in [5, 5.41) is 13.8. The van der Waals surface area contributed by atoms with Crippen LogP contribution in [0.1, 0.15) is 33.6 Å². The molecule has 3 N–H and O–H groups in total. The van der Waals surface area contributed by atoms with Crippen LogP contribution < -0.4 is 10.6 Å². The first-order chi connectivity index (χ1) is 8.37. The Balaban J connectivity index is 2.27. The molecule has 1 saturated carbocycles. The Morgan fingerprint density at radius 3 is 2.61 bits per heavy atom. The van der Waals surface area contributed by atoms with Crippen LogP contribution in [0.4, 0.5) is 4.79 Å². The fourth-order valence-corrected chi connectivity index (χ4v) is 2.11. The highest BCUT2D eigenvalue weighted by atomic mass is 16.5. The van der Waals surface area contributed by atoms with Crippen molar-refractivity contribution in [3.63, 3.8) is 0 Å². The van der Waals surface area contributed by atoms with Gasteiger partial charge in [0.05, 0.1) is 12.5 Å². The third-order valence-electron chi connectivity index (χ3n) is 3.48. The highest BCUT2D eigenvalue weighted by molar-refractivity contribution is 5.75. The predicted molar refractivity (Wildman–Crippen MR) is 66.4 cm³/mol. The highest BCUT2D eigenvalue weighted by Gasteiger charge is 2.49. The molecule has 0 spiro atoms. The lowest BCUT2D eigenvalue weighted by atomic mass is 9.64. The van der Waals surface area contributed by atoms with Gasteiger partial charge in [0.2, 0.25) is 0 Å². The van der Waals surface area contributed by atoms with Crippen LogP contribution in [0.5, 0.6) is 0 Å². The van der Waals surface area contributed by atoms with Gasteiger partial charge in [-0.25, -0.2) is 4.79 Å². The van der Waals surface area contributed by atoms with Gasteiger partial charge in [-0.15, -0.1) is 0 Å². The Morgan fingerprint density at radius 1 is 1.44 bits per heavy atom. The molecule has 1 aliphatic carbocycles. The lowest BCUT2D eigenvalue weighted by Crippen LogP contribution is -2.63. The van der Waals surface area contributed by atoms with Crippen LogP contribution in [0, 0.1) is 5.41 Å². The number of hydrogen-bond acceptors (Lipinski definition) is 3. The van der Waals surface area contributed by atoms with Gasteiger partial charge in [0, 0.05) is 24.6 Å². The van der Waals surface area contributed by atoms with Gasteiger partial charge in [-0.1, -0.05) is 13.8 Å². The van der Waals surface area contributed by atoms with Crippen molar-refractivity contribution in [1.29, 1.82) is 0 Å². The third-order valence-corrected chi connectivity index (χ3v) is 3.48. The minimum absolute atomic E-state index is 0.0664. The van der Waals surface area contributed by atoms with Gasteiger partial charge in [-0.05, 0) is 13.3 Å². The topological polar surface area (TPSA) is 87.7 Å². The van der Waals surface area contributed by atoms with E-state index >= 15 is 0 Å². The number of rotatable bonds is 6. The van der Waals surface area contributed by atoms with Crippen molar-refractivity contribution in [2.45, 2.75) is 45.8 Å². The molecule has 0 radical (unpaired) electrons. The quantitative estimate of drug-likeness (QED) is 0.662. The normalized spacial score (nSPS) is 25.1. The number of carbonyl (C=O) groups excluding carboxylic acids is 1. The first-order valence-corrected chi connectivity index (χ1v) is 6.25. The summed E-state index contributed by atoms with van der Waals surface area (Å²) in [5.41, 5.74) is -0.0832. The fraction of sp³-hybridized carbons (Fsp3) is 0.833. The van der Waals surface area contributed by atoms with Crippen LogP contribution in [0.15, 0.2) is 0 Å². The molecule has 0 aliphatic heterocycles. The van der Waals surface area contributed by atoms with Gasteiger partial charge in [0.1, 0.15) is 0 Å². The Morgan fingerprint density at radius 2 is 2.11 bits per heavy atom. The molecule has 2 amide bonds. The number of amides is 2. The lowest BCUT2D eigenvalue weighted by molar-refractivity contribution is -0.136. The SMILES string of the molecule is CCOC1CC(NC(=O)NCCC(=O)O)C1(C)C. The highest BCUT2D eigenvalue weighted by Crippen LogP contribution is 2.42. The zero-order valence-corrected chi connectivity index (χ0v) is 11.2. The Hall–Kier alpha value is -1.30. The molecule has 0 bridgehead atoms. The molecular weight excluding hydrogens is 236 g/mol. The van der Waals surface area contributed by atoms with Gasteiger partial charge in [-0.2, -0.15) is 0 Å². The second kappa shape index (κ2) is 6.04. The fourth-order valence-electron chi connectivity index (χ4n) is 2.11. The van der Waals surface area contributed by atoms with Gasteiger partial charge >= 0.3 is 12.0 Å². The van der Waals surface area contributed by atoms with Gasteiger partial charge < -0.3 is 20.5 Å². The largest absolute Gasteiger partial charge is 0.481 e. The molecule has 1 fully saturated rings. The monoisotopic (exact) mass is 258 g/mol. The average Bonchev–Trinajstić information content (AvgIpc) is 2.27. The van der Waals surface area contributed by atoms with Crippen LogP contribution in [0.3, 0.4) is 0 Å². The molecule has 104 valence electrons. The molecule has 6 heteroatoms. The number of aliphatic carboxylic acids is 1. The van der Waals surface area contributed by atoms with E-state index in [0.717, 1.165) is 6.42 Å². The number of carboxylic acids is 1. The van der Waals surface area contributed by atoms with E-state index in [4.69, 9.17) is 9.84 Å². The Bertz CT molecular complexity index is 317. The van der Waals surface area contributed by atoms with E-state index in [0.29, 0.717) is 6.61 Å². The van der Waals surface area contributed by atoms with Crippen LogP contribution in [0.2, 0.25) is 0 Å². The number of hydrogen-bond donors (Lipinski definition) is 3. The first-order valence-electron chi connectivity index (χ1n) is 6.25. The van der Waals surface area contributed by atoms with Crippen LogP contribution in [-0.2, 0) is 9.53 Å². The summed E-state index contributed by atoms with van der Waals surface area (Å²) in [5.74, 6) is -0.921. The number of carboxylic acid groups (broad SMARTS) is 1. The summed E-state index contributed by atoms with van der Waals surface area (Å²) >= 11 is 0. The van der Waals surface area contributed by atoms with Crippen LogP contribution >= 0.6 is 0 Å². The maximum Gasteiger partial charge on any atom is 0.315 e. The Kier molecular flexibility index (Phi) is 4.95. The molecule has 2 atom stereocenters. The number of carbonyl (C=O) groups is 2. The van der Waals surface area contributed by atoms with Crippen molar-refractivity contribution in [2.24, 2.45) is 5.41 Å². The smallest absolute Gasteiger partial charge is 0.315 e. The van der Waals surface area contributed by atoms with Crippen molar-refractivity contribution < 1.29 is 19.4 Å². The minimum Gasteiger partial charge on any atom is -0.481 e. The standard InChI is InChI=1S/C12H22N2O4/c1-4-18-9-7-8(12(9,2)3)14-11(17)13-6-5-10(15)16/h8-9H,4-7H2,1-3H3,(H,15,16)(H2,13,14,17). The van der Waals surface area contributed by atoms with Crippen molar-refractivity contribution in [1.82, 2.24) is 10.6 Å². The van der Waals surface area contributed by atoms with E-state index in [-0.39, 0.29) is 36.6 Å². The molecule has 1 rings (SSSR count). The summed E-state index contributed by atoms with van der Waals surface area (Å²) in [4.78, 5) is 21.8. The summed E-state index contributed by atoms with van der Waals surface area (Å²) < 4.78 is 5.57. The summed E-state index contributed by atoms with van der Waals surface area (Å²) in [6.07, 6.45) is 0.905. The first kappa shape index (κ1) is 14.8. The van der Waals surface area contributed by atoms with Gasteiger partial charge in [0.25, 0.3) is 0 Å². The summed E-state index contributed by atoms with van der Waals surface area (Å²) in [7, 11) is 0. The van der Waals surface area contributed by atoms with E-state index in [9.17, 15) is 9.59 Å². The zero-order chi connectivity index (χ0) is 13.8. The van der Waals surface area contributed by atoms with Crippen molar-refractivity contribution in [2.75, 3.05) is 13.2 Å². The molecule has 0 heterocycles. The summed E-state index contributed by atoms with van der Waals surface area (Å²) in [6.45, 7) is 6.88. The Labute approximate surface area is 107 Å². The molecule has 0 aromatic heterocycles. The average molecular weight is 258 g/mol. The molecule has 0 saturated heterocycles. The molecule has 18 heavy (non-hydrogen) atoms. The van der Waals surface area contributed by atoms with Crippen LogP contribution in [-0.4, -0.2) is 42.4 Å².